The van der Waals surface area contributed by atoms with Gasteiger partial charge in [-0.3, -0.25) is 9.59 Å². The van der Waals surface area contributed by atoms with Crippen LogP contribution >= 0.6 is 43.5 Å². The van der Waals surface area contributed by atoms with Crippen LogP contribution in [0.3, 0.4) is 0 Å². The van der Waals surface area contributed by atoms with Gasteiger partial charge in [0, 0.05) is 0 Å². The molecule has 5 nitrogen and oxygen atoms in total. The van der Waals surface area contributed by atoms with Crippen molar-refractivity contribution in [2.45, 2.75) is 8.65 Å². The molecule has 1 saturated heterocycles. The number of alkyl halides is 2. The van der Waals surface area contributed by atoms with Gasteiger partial charge in [0.05, 0.1) is 43.9 Å². The first kappa shape index (κ1) is 22.0. The summed E-state index contributed by atoms with van der Waals surface area (Å²) in [6.07, 6.45) is 0. The molecule has 0 aromatic heterocycles. The zero-order valence-corrected chi connectivity index (χ0v) is 21.6. The van der Waals surface area contributed by atoms with Crippen LogP contribution in [-0.4, -0.2) is 24.9 Å². The Morgan fingerprint density at radius 1 is 0.853 bits per heavy atom. The van der Waals surface area contributed by atoms with E-state index < -0.39 is 26.5 Å². The molecule has 0 radical (unpaired) electrons. The van der Waals surface area contributed by atoms with Gasteiger partial charge in [-0.2, -0.15) is 0 Å². The zero-order chi connectivity index (χ0) is 24.0. The number of halogens is 3. The van der Waals surface area contributed by atoms with E-state index >= 15 is 0 Å². The van der Waals surface area contributed by atoms with E-state index in [0.29, 0.717) is 0 Å². The summed E-state index contributed by atoms with van der Waals surface area (Å²) in [5.74, 6) is -2.70. The van der Waals surface area contributed by atoms with Gasteiger partial charge in [0.1, 0.15) is 0 Å². The van der Waals surface area contributed by atoms with E-state index in [2.05, 4.69) is 31.9 Å². The third kappa shape index (κ3) is 2.47. The molecule has 4 aliphatic rings. The van der Waals surface area contributed by atoms with Crippen molar-refractivity contribution < 1.29 is 19.1 Å². The molecule has 1 aliphatic heterocycles. The van der Waals surface area contributed by atoms with Gasteiger partial charge in [0.15, 0.2) is 0 Å². The second-order valence-corrected chi connectivity index (χ2v) is 11.5. The van der Waals surface area contributed by atoms with E-state index in [0.717, 1.165) is 22.3 Å². The molecule has 3 aromatic carbocycles. The average molecular weight is 602 g/mol. The smallest absolute Gasteiger partial charge is 0.339 e. The SMILES string of the molecule is COC(=O)c1cc(N2C(=O)[C@@H]3[C@H](C2=O)C2(Br)c4ccccc4C3(Br)c3ccccc32)ccc1Cl. The van der Waals surface area contributed by atoms with E-state index in [1.807, 2.05) is 48.5 Å². The van der Waals surface area contributed by atoms with Gasteiger partial charge in [0.2, 0.25) is 11.8 Å². The van der Waals surface area contributed by atoms with Crippen molar-refractivity contribution >= 4 is 66.9 Å². The number of benzene rings is 3. The summed E-state index contributed by atoms with van der Waals surface area (Å²) in [5.41, 5.74) is 4.22. The minimum atomic E-state index is -0.876. The monoisotopic (exact) mass is 599 g/mol. The van der Waals surface area contributed by atoms with Gasteiger partial charge in [-0.15, -0.1) is 0 Å². The lowest BCUT2D eigenvalue weighted by Gasteiger charge is -2.55. The summed E-state index contributed by atoms with van der Waals surface area (Å²) < 4.78 is 3.07. The molecule has 0 N–H and O–H groups in total. The molecule has 3 aromatic rings. The molecule has 2 atom stereocenters. The Balaban J connectivity index is 1.59. The fraction of sp³-hybridized carbons (Fsp3) is 0.192. The number of imide groups is 1. The number of amides is 2. The van der Waals surface area contributed by atoms with Crippen LogP contribution in [-0.2, 0) is 23.0 Å². The van der Waals surface area contributed by atoms with Crippen LogP contribution in [0.5, 0.6) is 0 Å². The summed E-state index contributed by atoms with van der Waals surface area (Å²) in [7, 11) is 1.25. The lowest BCUT2D eigenvalue weighted by atomic mass is 9.54. The van der Waals surface area contributed by atoms with Gasteiger partial charge < -0.3 is 4.74 Å². The molecule has 1 fully saturated rings. The van der Waals surface area contributed by atoms with Gasteiger partial charge >= 0.3 is 5.97 Å². The van der Waals surface area contributed by atoms with Crippen molar-refractivity contribution in [2.75, 3.05) is 12.0 Å². The second-order valence-electron chi connectivity index (χ2n) is 8.64. The number of esters is 1. The number of carbonyl (C=O) groups excluding carboxylic acids is 3. The Hall–Kier alpha value is -2.48. The minimum Gasteiger partial charge on any atom is -0.465 e. The highest BCUT2D eigenvalue weighted by atomic mass is 79.9. The zero-order valence-electron chi connectivity index (χ0n) is 17.7. The predicted molar refractivity (Wildman–Crippen MR) is 135 cm³/mol. The molecule has 2 bridgehead atoms. The van der Waals surface area contributed by atoms with Crippen molar-refractivity contribution in [1.82, 2.24) is 0 Å². The van der Waals surface area contributed by atoms with Crippen LogP contribution in [0.4, 0.5) is 5.69 Å². The van der Waals surface area contributed by atoms with E-state index in [1.165, 1.54) is 24.1 Å². The summed E-state index contributed by atoms with van der Waals surface area (Å²) >= 11 is 14.1. The molecule has 7 rings (SSSR count). The Labute approximate surface area is 217 Å². The van der Waals surface area contributed by atoms with Crippen molar-refractivity contribution in [2.24, 2.45) is 11.8 Å². The molecule has 8 heteroatoms. The fourth-order valence-corrected chi connectivity index (χ4v) is 8.34. The van der Waals surface area contributed by atoms with E-state index in [9.17, 15) is 14.4 Å². The van der Waals surface area contributed by atoms with Crippen LogP contribution in [0.25, 0.3) is 0 Å². The molecular weight excluding hydrogens is 586 g/mol. The summed E-state index contributed by atoms with van der Waals surface area (Å²) in [6, 6.07) is 20.3. The van der Waals surface area contributed by atoms with Crippen molar-refractivity contribution in [3.05, 3.63) is 99.6 Å². The van der Waals surface area contributed by atoms with E-state index in [1.54, 1.807) is 6.07 Å². The number of hydrogen-bond acceptors (Lipinski definition) is 4. The second kappa shape index (κ2) is 7.26. The number of carbonyl (C=O) groups is 3. The lowest BCUT2D eigenvalue weighted by molar-refractivity contribution is -0.122. The summed E-state index contributed by atoms with van der Waals surface area (Å²) in [5, 5.41) is 0.181. The first-order valence-corrected chi connectivity index (χ1v) is 12.6. The first-order chi connectivity index (χ1) is 16.3. The standard InChI is InChI=1S/C26H16Br2ClNO4/c1-34-24(33)14-12-13(10-11-19(14)29)30-22(31)20-21(23(30)32)26(28)16-7-3-2-6-15(16)25(20,27)17-8-4-5-9-18(17)26/h2-12,20-21H,1H3/t20-,21+,25?,26?. The van der Waals surface area contributed by atoms with Crippen LogP contribution in [0.1, 0.15) is 32.6 Å². The minimum absolute atomic E-state index is 0.0915. The largest absolute Gasteiger partial charge is 0.465 e. The van der Waals surface area contributed by atoms with Crippen molar-refractivity contribution in [3.8, 4) is 0 Å². The Morgan fingerprint density at radius 2 is 1.29 bits per heavy atom. The summed E-state index contributed by atoms with van der Waals surface area (Å²) in [6.45, 7) is 0. The Bertz CT molecular complexity index is 1320. The molecule has 170 valence electrons. The van der Waals surface area contributed by atoms with Crippen LogP contribution in [0.15, 0.2) is 66.7 Å². The molecule has 34 heavy (non-hydrogen) atoms. The van der Waals surface area contributed by atoms with Crippen LogP contribution in [0.2, 0.25) is 5.02 Å². The van der Waals surface area contributed by atoms with E-state index in [-0.39, 0.29) is 28.1 Å². The highest BCUT2D eigenvalue weighted by Crippen LogP contribution is 2.70. The number of rotatable bonds is 2. The molecule has 3 aliphatic carbocycles. The number of hydrogen-bond donors (Lipinski definition) is 0. The van der Waals surface area contributed by atoms with Crippen molar-refractivity contribution in [3.63, 3.8) is 0 Å². The van der Waals surface area contributed by atoms with E-state index in [4.69, 9.17) is 16.3 Å². The lowest BCUT2D eigenvalue weighted by Crippen LogP contribution is -2.56. The molecule has 0 unspecified atom stereocenters. The van der Waals surface area contributed by atoms with Gasteiger partial charge in [-0.05, 0) is 40.5 Å². The van der Waals surface area contributed by atoms with Gasteiger partial charge in [0.25, 0.3) is 0 Å². The van der Waals surface area contributed by atoms with Gasteiger partial charge in [-0.1, -0.05) is 92.0 Å². The van der Waals surface area contributed by atoms with Gasteiger partial charge in [-0.25, -0.2) is 9.69 Å². The number of nitrogens with zero attached hydrogens (tertiary/aromatic N) is 1. The molecule has 0 saturated carbocycles. The predicted octanol–water partition coefficient (Wildman–Crippen LogP) is 5.54. The number of anilines is 1. The molecule has 0 spiro atoms. The number of methoxy groups -OCH3 is 1. The fourth-order valence-electron chi connectivity index (χ4n) is 5.84. The number of ether oxygens (including phenoxy) is 1. The third-order valence-corrected chi connectivity index (χ3v) is 10.2. The van der Waals surface area contributed by atoms with Crippen molar-refractivity contribution in [1.29, 1.82) is 0 Å². The average Bonchev–Trinajstić information content (AvgIpc) is 3.13. The maximum absolute atomic E-state index is 14.0. The Kier molecular flexibility index (Phi) is 4.70. The summed E-state index contributed by atoms with van der Waals surface area (Å²) in [4.78, 5) is 41.5. The normalized spacial score (nSPS) is 28.4. The van der Waals surface area contributed by atoms with Crippen LogP contribution < -0.4 is 4.90 Å². The van der Waals surface area contributed by atoms with Crippen LogP contribution in [0, 0.1) is 11.8 Å². The quantitative estimate of drug-likeness (QED) is 0.220. The topological polar surface area (TPSA) is 63.7 Å². The molecule has 2 amide bonds. The third-order valence-electron chi connectivity index (χ3n) is 7.20. The first-order valence-electron chi connectivity index (χ1n) is 10.6. The molecular formula is C26H16Br2ClNO4. The highest BCUT2D eigenvalue weighted by Gasteiger charge is 2.72. The molecule has 1 heterocycles. The maximum atomic E-state index is 14.0. The highest BCUT2D eigenvalue weighted by molar-refractivity contribution is 9.10. The Morgan fingerprint density at radius 3 is 1.71 bits per heavy atom. The maximum Gasteiger partial charge on any atom is 0.339 e.